The van der Waals surface area contributed by atoms with Gasteiger partial charge in [-0.05, 0) is 36.4 Å². The number of benzene rings is 2. The number of carbonyl (C=O) groups excluding carboxylic acids is 2. The van der Waals surface area contributed by atoms with Crippen LogP contribution in [0.25, 0.3) is 0 Å². The molecule has 0 heterocycles. The van der Waals surface area contributed by atoms with E-state index in [1.165, 1.54) is 43.5 Å². The number of anilines is 1. The molecule has 3 N–H and O–H groups in total. The van der Waals surface area contributed by atoms with Gasteiger partial charge in [0.1, 0.15) is 6.54 Å². The number of nitro groups is 1. The molecule has 10 heteroatoms. The van der Waals surface area contributed by atoms with Gasteiger partial charge in [0.05, 0.1) is 12.0 Å². The first kappa shape index (κ1) is 19.4. The number of carboxylic acids is 1. The summed E-state index contributed by atoms with van der Waals surface area (Å²) in [7, 11) is 1.29. The summed E-state index contributed by atoms with van der Waals surface area (Å²) in [5.41, 5.74) is 0.295. The monoisotopic (exact) mass is 373 g/mol. The Labute approximate surface area is 152 Å². The van der Waals surface area contributed by atoms with Gasteiger partial charge >= 0.3 is 11.7 Å². The molecule has 0 spiro atoms. The van der Waals surface area contributed by atoms with E-state index in [1.807, 2.05) is 0 Å². The zero-order chi connectivity index (χ0) is 20.0. The number of methoxy groups -OCH3 is 1. The van der Waals surface area contributed by atoms with Crippen molar-refractivity contribution in [1.82, 2.24) is 5.32 Å². The number of rotatable bonds is 7. The standard InChI is InChI=1S/C17H15N3O7/c1-27-14-7-4-11(8-13(14)20(25)26)17(24)19-12-5-2-10(3-6-12)16(23)18-9-15(21)22/h2-8H,9H2,1H3,(H,18,23)(H,19,24)(H,21,22). The third-order valence-corrected chi connectivity index (χ3v) is 3.44. The van der Waals surface area contributed by atoms with Crippen LogP contribution in [0.5, 0.6) is 5.75 Å². The summed E-state index contributed by atoms with van der Waals surface area (Å²) in [5, 5.41) is 24.3. The molecular weight excluding hydrogens is 358 g/mol. The number of carboxylic acid groups (broad SMARTS) is 1. The molecule has 0 bridgehead atoms. The van der Waals surface area contributed by atoms with Crippen molar-refractivity contribution in [2.24, 2.45) is 0 Å². The molecule has 2 aromatic rings. The van der Waals surface area contributed by atoms with Gasteiger partial charge in [-0.25, -0.2) is 0 Å². The molecule has 0 aromatic heterocycles. The van der Waals surface area contributed by atoms with Crippen LogP contribution in [0, 0.1) is 10.1 Å². The van der Waals surface area contributed by atoms with Crippen LogP contribution in [0.3, 0.4) is 0 Å². The minimum absolute atomic E-state index is 0.0354. The molecule has 2 amide bonds. The number of ether oxygens (including phenoxy) is 1. The average Bonchev–Trinajstić information content (AvgIpc) is 2.65. The fraction of sp³-hybridized carbons (Fsp3) is 0.118. The maximum atomic E-state index is 12.3. The third-order valence-electron chi connectivity index (χ3n) is 3.44. The van der Waals surface area contributed by atoms with Gasteiger partial charge in [0.2, 0.25) is 0 Å². The van der Waals surface area contributed by atoms with E-state index in [1.54, 1.807) is 0 Å². The first-order valence-electron chi connectivity index (χ1n) is 7.55. The highest BCUT2D eigenvalue weighted by Gasteiger charge is 2.18. The molecule has 0 fully saturated rings. The lowest BCUT2D eigenvalue weighted by molar-refractivity contribution is -0.385. The van der Waals surface area contributed by atoms with Crippen molar-refractivity contribution in [1.29, 1.82) is 0 Å². The van der Waals surface area contributed by atoms with E-state index in [0.29, 0.717) is 5.69 Å². The Hall–Kier alpha value is -3.95. The van der Waals surface area contributed by atoms with E-state index in [-0.39, 0.29) is 22.6 Å². The van der Waals surface area contributed by atoms with Crippen molar-refractivity contribution in [3.63, 3.8) is 0 Å². The second-order valence-electron chi connectivity index (χ2n) is 5.25. The van der Waals surface area contributed by atoms with E-state index < -0.39 is 29.3 Å². The van der Waals surface area contributed by atoms with Crippen LogP contribution in [0.2, 0.25) is 0 Å². The lowest BCUT2D eigenvalue weighted by atomic mass is 10.1. The largest absolute Gasteiger partial charge is 0.490 e. The quantitative estimate of drug-likeness (QED) is 0.494. The number of amides is 2. The molecule has 10 nitrogen and oxygen atoms in total. The number of hydrogen-bond donors (Lipinski definition) is 3. The summed E-state index contributed by atoms with van der Waals surface area (Å²) in [6, 6.07) is 9.52. The Balaban J connectivity index is 2.10. The molecule has 2 rings (SSSR count). The molecular formula is C17H15N3O7. The number of carbonyl (C=O) groups is 3. The summed E-state index contributed by atoms with van der Waals surface area (Å²) in [5.74, 6) is -2.28. The topological polar surface area (TPSA) is 148 Å². The molecule has 0 aliphatic heterocycles. The zero-order valence-corrected chi connectivity index (χ0v) is 14.1. The Bertz CT molecular complexity index is 894. The maximum Gasteiger partial charge on any atom is 0.322 e. The summed E-state index contributed by atoms with van der Waals surface area (Å²) in [4.78, 5) is 44.8. The fourth-order valence-corrected chi connectivity index (χ4v) is 2.14. The molecule has 0 unspecified atom stereocenters. The molecule has 2 aromatic carbocycles. The van der Waals surface area contributed by atoms with Gasteiger partial charge in [0, 0.05) is 22.9 Å². The van der Waals surface area contributed by atoms with E-state index in [9.17, 15) is 24.5 Å². The normalized spacial score (nSPS) is 9.96. The van der Waals surface area contributed by atoms with Crippen LogP contribution in [0.4, 0.5) is 11.4 Å². The molecule has 0 saturated carbocycles. The van der Waals surface area contributed by atoms with Gasteiger partial charge < -0.3 is 20.5 Å². The highest BCUT2D eigenvalue weighted by Crippen LogP contribution is 2.27. The van der Waals surface area contributed by atoms with Crippen LogP contribution in [-0.2, 0) is 4.79 Å². The van der Waals surface area contributed by atoms with Crippen LogP contribution < -0.4 is 15.4 Å². The van der Waals surface area contributed by atoms with Gasteiger partial charge in [0.15, 0.2) is 5.75 Å². The number of aliphatic carboxylic acids is 1. The minimum Gasteiger partial charge on any atom is -0.490 e. The summed E-state index contributed by atoms with van der Waals surface area (Å²) in [6.07, 6.45) is 0. The zero-order valence-electron chi connectivity index (χ0n) is 14.1. The number of nitrogens with zero attached hydrogens (tertiary/aromatic N) is 1. The summed E-state index contributed by atoms with van der Waals surface area (Å²) in [6.45, 7) is -0.506. The minimum atomic E-state index is -1.17. The van der Waals surface area contributed by atoms with Crippen molar-refractivity contribution in [3.05, 3.63) is 63.7 Å². The molecule has 0 saturated heterocycles. The highest BCUT2D eigenvalue weighted by atomic mass is 16.6. The maximum absolute atomic E-state index is 12.3. The summed E-state index contributed by atoms with van der Waals surface area (Å²) < 4.78 is 4.88. The van der Waals surface area contributed by atoms with E-state index in [2.05, 4.69) is 10.6 Å². The average molecular weight is 373 g/mol. The first-order valence-corrected chi connectivity index (χ1v) is 7.55. The number of nitrogens with one attached hydrogen (secondary N) is 2. The number of nitro benzene ring substituents is 1. The van der Waals surface area contributed by atoms with Gasteiger partial charge in [-0.1, -0.05) is 0 Å². The second kappa shape index (κ2) is 8.43. The molecule has 0 atom stereocenters. The smallest absolute Gasteiger partial charge is 0.322 e. The molecule has 140 valence electrons. The van der Waals surface area contributed by atoms with Crippen LogP contribution in [-0.4, -0.2) is 41.5 Å². The van der Waals surface area contributed by atoms with E-state index >= 15 is 0 Å². The van der Waals surface area contributed by atoms with Gasteiger partial charge in [-0.2, -0.15) is 0 Å². The Morgan fingerprint density at radius 3 is 2.26 bits per heavy atom. The predicted molar refractivity (Wildman–Crippen MR) is 94.0 cm³/mol. The van der Waals surface area contributed by atoms with E-state index in [0.717, 1.165) is 6.07 Å². The van der Waals surface area contributed by atoms with Crippen molar-refractivity contribution >= 4 is 29.2 Å². The highest BCUT2D eigenvalue weighted by molar-refractivity contribution is 6.05. The van der Waals surface area contributed by atoms with Crippen LogP contribution in [0.1, 0.15) is 20.7 Å². The van der Waals surface area contributed by atoms with Crippen molar-refractivity contribution < 1.29 is 29.2 Å². The fourth-order valence-electron chi connectivity index (χ4n) is 2.14. The first-order chi connectivity index (χ1) is 12.8. The molecule has 0 aliphatic carbocycles. The van der Waals surface area contributed by atoms with E-state index in [4.69, 9.17) is 9.84 Å². The lowest BCUT2D eigenvalue weighted by Crippen LogP contribution is -2.29. The third kappa shape index (κ3) is 5.01. The predicted octanol–water partition coefficient (Wildman–Crippen LogP) is 1.67. The van der Waals surface area contributed by atoms with Gasteiger partial charge in [-0.3, -0.25) is 24.5 Å². The lowest BCUT2D eigenvalue weighted by Gasteiger charge is -2.08. The Kier molecular flexibility index (Phi) is 6.05. The SMILES string of the molecule is COc1ccc(C(=O)Nc2ccc(C(=O)NCC(=O)O)cc2)cc1[N+](=O)[O-]. The second-order valence-corrected chi connectivity index (χ2v) is 5.25. The Morgan fingerprint density at radius 1 is 1.07 bits per heavy atom. The molecule has 0 radical (unpaired) electrons. The number of hydrogen-bond acceptors (Lipinski definition) is 6. The van der Waals surface area contributed by atoms with Crippen molar-refractivity contribution in [2.75, 3.05) is 19.0 Å². The summed E-state index contributed by atoms with van der Waals surface area (Å²) >= 11 is 0. The van der Waals surface area contributed by atoms with Crippen LogP contribution >= 0.6 is 0 Å². The Morgan fingerprint density at radius 2 is 1.70 bits per heavy atom. The van der Waals surface area contributed by atoms with Crippen molar-refractivity contribution in [2.45, 2.75) is 0 Å². The van der Waals surface area contributed by atoms with Crippen molar-refractivity contribution in [3.8, 4) is 5.75 Å². The molecule has 27 heavy (non-hydrogen) atoms. The van der Waals surface area contributed by atoms with Gasteiger partial charge in [0.25, 0.3) is 11.8 Å². The molecule has 0 aliphatic rings. The van der Waals surface area contributed by atoms with Crippen LogP contribution in [0.15, 0.2) is 42.5 Å². The van der Waals surface area contributed by atoms with Gasteiger partial charge in [-0.15, -0.1) is 0 Å².